The number of hydrogen-bond donors (Lipinski definition) is 1. The molecule has 3 aromatic rings. The Bertz CT molecular complexity index is 888. The molecule has 0 saturated carbocycles. The first-order chi connectivity index (χ1) is 10.7. The van der Waals surface area contributed by atoms with Gasteiger partial charge in [0.25, 0.3) is 0 Å². The van der Waals surface area contributed by atoms with Gasteiger partial charge in [-0.25, -0.2) is 4.98 Å². The maximum atomic E-state index is 11.4. The average molecular weight is 371 g/mol. The zero-order chi connectivity index (χ0) is 15.1. The van der Waals surface area contributed by atoms with Crippen LogP contribution in [0.1, 0.15) is 5.56 Å². The molecule has 0 saturated heterocycles. The predicted octanol–water partition coefficient (Wildman–Crippen LogP) is 4.73. The Morgan fingerprint density at radius 2 is 2.05 bits per heavy atom. The molecular formula is C17H11BrN2OS. The second kappa shape index (κ2) is 5.34. The highest BCUT2D eigenvalue weighted by Crippen LogP contribution is 2.33. The highest BCUT2D eigenvalue weighted by molar-refractivity contribution is 9.10. The molecule has 0 spiro atoms. The predicted molar refractivity (Wildman–Crippen MR) is 93.0 cm³/mol. The SMILES string of the molecule is O=C1Cc2cc(-c3csc(-c4cccc(Br)c4)n3)ccc2N1. The van der Waals surface area contributed by atoms with E-state index in [2.05, 4.69) is 38.8 Å². The van der Waals surface area contributed by atoms with Crippen molar-refractivity contribution in [3.63, 3.8) is 0 Å². The van der Waals surface area contributed by atoms with Gasteiger partial charge in [0.05, 0.1) is 12.1 Å². The first-order valence-corrected chi connectivity index (χ1v) is 8.51. The van der Waals surface area contributed by atoms with Crippen molar-refractivity contribution in [3.8, 4) is 21.8 Å². The number of benzene rings is 2. The number of aromatic nitrogens is 1. The summed E-state index contributed by atoms with van der Waals surface area (Å²) in [5, 5.41) is 5.90. The summed E-state index contributed by atoms with van der Waals surface area (Å²) < 4.78 is 1.05. The maximum Gasteiger partial charge on any atom is 0.228 e. The van der Waals surface area contributed by atoms with E-state index in [1.807, 2.05) is 30.3 Å². The number of thiazole rings is 1. The monoisotopic (exact) mass is 370 g/mol. The Kier molecular flexibility index (Phi) is 3.32. The normalized spacial score (nSPS) is 13.0. The van der Waals surface area contributed by atoms with Crippen LogP contribution in [0.4, 0.5) is 5.69 Å². The van der Waals surface area contributed by atoms with Crippen LogP contribution in [0.2, 0.25) is 0 Å². The van der Waals surface area contributed by atoms with Gasteiger partial charge in [0.1, 0.15) is 5.01 Å². The minimum absolute atomic E-state index is 0.0558. The van der Waals surface area contributed by atoms with Crippen molar-refractivity contribution in [1.29, 1.82) is 0 Å². The van der Waals surface area contributed by atoms with Gasteiger partial charge in [0.2, 0.25) is 5.91 Å². The molecule has 0 radical (unpaired) electrons. The lowest BCUT2D eigenvalue weighted by molar-refractivity contribution is -0.115. The smallest absolute Gasteiger partial charge is 0.228 e. The van der Waals surface area contributed by atoms with Crippen molar-refractivity contribution in [2.75, 3.05) is 5.32 Å². The summed E-state index contributed by atoms with van der Waals surface area (Å²) in [6.07, 6.45) is 0.450. The zero-order valence-electron chi connectivity index (χ0n) is 11.5. The molecule has 1 aliphatic heterocycles. The van der Waals surface area contributed by atoms with Gasteiger partial charge in [0.15, 0.2) is 0 Å². The van der Waals surface area contributed by atoms with Crippen LogP contribution in [-0.4, -0.2) is 10.9 Å². The lowest BCUT2D eigenvalue weighted by atomic mass is 10.1. The Balaban J connectivity index is 1.70. The van der Waals surface area contributed by atoms with E-state index in [1.165, 1.54) is 0 Å². The van der Waals surface area contributed by atoms with E-state index in [9.17, 15) is 4.79 Å². The van der Waals surface area contributed by atoms with Crippen molar-refractivity contribution in [3.05, 3.63) is 57.9 Å². The number of hydrogen-bond acceptors (Lipinski definition) is 3. The van der Waals surface area contributed by atoms with Crippen molar-refractivity contribution in [2.45, 2.75) is 6.42 Å². The van der Waals surface area contributed by atoms with Gasteiger partial charge in [-0.1, -0.05) is 34.1 Å². The van der Waals surface area contributed by atoms with Crippen LogP contribution in [0.3, 0.4) is 0 Å². The summed E-state index contributed by atoms with van der Waals surface area (Å²) in [6.45, 7) is 0. The first-order valence-electron chi connectivity index (χ1n) is 6.84. The van der Waals surface area contributed by atoms with Crippen LogP contribution in [0.5, 0.6) is 0 Å². The minimum atomic E-state index is 0.0558. The number of nitrogens with one attached hydrogen (secondary N) is 1. The molecule has 0 bridgehead atoms. The zero-order valence-corrected chi connectivity index (χ0v) is 13.9. The second-order valence-corrected chi connectivity index (χ2v) is 6.92. The highest BCUT2D eigenvalue weighted by Gasteiger charge is 2.18. The van der Waals surface area contributed by atoms with Crippen molar-refractivity contribution < 1.29 is 4.79 Å². The summed E-state index contributed by atoms with van der Waals surface area (Å²) in [5.74, 6) is 0.0558. The van der Waals surface area contributed by atoms with E-state index < -0.39 is 0 Å². The van der Waals surface area contributed by atoms with E-state index in [-0.39, 0.29) is 5.91 Å². The topological polar surface area (TPSA) is 42.0 Å². The standard InChI is InChI=1S/C17H11BrN2OS/c18-13-3-1-2-11(7-13)17-20-15(9-22-17)10-4-5-14-12(6-10)8-16(21)19-14/h1-7,9H,8H2,(H,19,21). The molecule has 1 N–H and O–H groups in total. The van der Waals surface area contributed by atoms with Gasteiger partial charge in [-0.05, 0) is 29.8 Å². The second-order valence-electron chi connectivity index (χ2n) is 5.15. The molecule has 4 rings (SSSR count). The summed E-state index contributed by atoms with van der Waals surface area (Å²) in [5.41, 5.74) is 5.05. The number of amides is 1. The third-order valence-electron chi connectivity index (χ3n) is 3.60. The number of fused-ring (bicyclic) bond motifs is 1. The molecule has 0 atom stereocenters. The maximum absolute atomic E-state index is 11.4. The molecule has 3 nitrogen and oxygen atoms in total. The Labute approximate surface area is 140 Å². The van der Waals surface area contributed by atoms with Crippen molar-refractivity contribution in [2.24, 2.45) is 0 Å². The average Bonchev–Trinajstić information content (AvgIpc) is 3.11. The van der Waals surface area contributed by atoms with E-state index in [1.54, 1.807) is 11.3 Å². The van der Waals surface area contributed by atoms with Crippen LogP contribution >= 0.6 is 27.3 Å². The Morgan fingerprint density at radius 3 is 2.91 bits per heavy atom. The summed E-state index contributed by atoms with van der Waals surface area (Å²) in [6, 6.07) is 14.1. The lowest BCUT2D eigenvalue weighted by Crippen LogP contribution is -2.03. The molecule has 1 aliphatic rings. The number of rotatable bonds is 2. The van der Waals surface area contributed by atoms with E-state index >= 15 is 0 Å². The minimum Gasteiger partial charge on any atom is -0.326 e. The summed E-state index contributed by atoms with van der Waals surface area (Å²) in [4.78, 5) is 16.2. The fourth-order valence-corrected chi connectivity index (χ4v) is 3.77. The van der Waals surface area contributed by atoms with Crippen LogP contribution < -0.4 is 5.32 Å². The fourth-order valence-electron chi connectivity index (χ4n) is 2.55. The van der Waals surface area contributed by atoms with Gasteiger partial charge in [-0.3, -0.25) is 4.79 Å². The molecule has 1 aromatic heterocycles. The quantitative estimate of drug-likeness (QED) is 0.707. The van der Waals surface area contributed by atoms with Crippen molar-refractivity contribution >= 4 is 38.9 Å². The van der Waals surface area contributed by atoms with Gasteiger partial charge in [0, 0.05) is 26.7 Å². The molecule has 0 unspecified atom stereocenters. The molecule has 2 heterocycles. The van der Waals surface area contributed by atoms with E-state index in [4.69, 9.17) is 4.98 Å². The summed E-state index contributed by atoms with van der Waals surface area (Å²) >= 11 is 5.11. The molecule has 1 amide bonds. The number of anilines is 1. The first kappa shape index (κ1) is 13.7. The van der Waals surface area contributed by atoms with Gasteiger partial charge in [-0.2, -0.15) is 0 Å². The van der Waals surface area contributed by atoms with Crippen LogP contribution in [-0.2, 0) is 11.2 Å². The number of carbonyl (C=O) groups excluding carboxylic acids is 1. The molecule has 5 heteroatoms. The Morgan fingerprint density at radius 1 is 1.14 bits per heavy atom. The molecule has 22 heavy (non-hydrogen) atoms. The molecule has 0 fully saturated rings. The van der Waals surface area contributed by atoms with Crippen LogP contribution in [0, 0.1) is 0 Å². The van der Waals surface area contributed by atoms with E-state index in [0.29, 0.717) is 6.42 Å². The number of nitrogens with zero attached hydrogens (tertiary/aromatic N) is 1. The van der Waals surface area contributed by atoms with Gasteiger partial charge < -0.3 is 5.32 Å². The molecule has 108 valence electrons. The van der Waals surface area contributed by atoms with Gasteiger partial charge in [-0.15, -0.1) is 11.3 Å². The molecule has 0 aliphatic carbocycles. The third-order valence-corrected chi connectivity index (χ3v) is 4.99. The van der Waals surface area contributed by atoms with E-state index in [0.717, 1.165) is 37.6 Å². The van der Waals surface area contributed by atoms with Crippen LogP contribution in [0.25, 0.3) is 21.8 Å². The lowest BCUT2D eigenvalue weighted by Gasteiger charge is -2.01. The Hall–Kier alpha value is -1.98. The highest BCUT2D eigenvalue weighted by atomic mass is 79.9. The fraction of sp³-hybridized carbons (Fsp3) is 0.0588. The van der Waals surface area contributed by atoms with Gasteiger partial charge >= 0.3 is 0 Å². The number of halogens is 1. The van der Waals surface area contributed by atoms with Crippen molar-refractivity contribution in [1.82, 2.24) is 4.98 Å². The largest absolute Gasteiger partial charge is 0.326 e. The third kappa shape index (κ3) is 2.46. The van der Waals surface area contributed by atoms with Crippen LogP contribution in [0.15, 0.2) is 52.3 Å². The molecule has 2 aromatic carbocycles. The number of carbonyl (C=O) groups is 1. The summed E-state index contributed by atoms with van der Waals surface area (Å²) in [7, 11) is 0. The molecular weight excluding hydrogens is 360 g/mol.